The van der Waals surface area contributed by atoms with Crippen LogP contribution in [-0.4, -0.2) is 22.4 Å². The largest absolute Gasteiger partial charge is 0.487 e. The van der Waals surface area contributed by atoms with Crippen molar-refractivity contribution in [3.8, 4) is 17.2 Å². The van der Waals surface area contributed by atoms with Gasteiger partial charge in [0, 0.05) is 22.3 Å². The Labute approximate surface area is 176 Å². The molecule has 0 atom stereocenters. The van der Waals surface area contributed by atoms with Crippen molar-refractivity contribution in [2.45, 2.75) is 13.8 Å². The number of aromatic nitrogens is 2. The van der Waals surface area contributed by atoms with Crippen LogP contribution in [0.5, 0.6) is 5.75 Å². The van der Waals surface area contributed by atoms with Gasteiger partial charge in [-0.15, -0.1) is 0 Å². The molecule has 0 aliphatic rings. The van der Waals surface area contributed by atoms with Gasteiger partial charge < -0.3 is 14.5 Å². The number of pyridine rings is 1. The van der Waals surface area contributed by atoms with Gasteiger partial charge in [-0.1, -0.05) is 6.07 Å². The minimum atomic E-state index is -0.572. The summed E-state index contributed by atoms with van der Waals surface area (Å²) < 4.78 is 11.1. The highest BCUT2D eigenvalue weighted by Gasteiger charge is 2.22. The highest BCUT2D eigenvalue weighted by molar-refractivity contribution is 6.05. The first-order valence-electron chi connectivity index (χ1n) is 9.57. The zero-order chi connectivity index (χ0) is 22.0. The van der Waals surface area contributed by atoms with Gasteiger partial charge in [0.25, 0.3) is 5.91 Å². The van der Waals surface area contributed by atoms with Gasteiger partial charge in [-0.25, -0.2) is 4.98 Å². The maximum absolute atomic E-state index is 12.8. The molecule has 0 saturated carbocycles. The Morgan fingerprint density at radius 1 is 1.26 bits per heavy atom. The molecule has 0 aliphatic heterocycles. The monoisotopic (exact) mass is 419 g/mol. The number of H-pyrrole nitrogens is 1. The molecule has 31 heavy (non-hydrogen) atoms. The van der Waals surface area contributed by atoms with Gasteiger partial charge in [-0.3, -0.25) is 14.9 Å². The standard InChI is InChI=1S/C22H18N4O5/c1-3-30-18-10-9-14(12-17(18)26(28)29)21(27)24-16-7-4-6-15(13(16)2)22-25-20-19(31-22)8-5-11-23-20/h4-12H,3H2,1-2H3,(H,24,27)/p+1. The highest BCUT2D eigenvalue weighted by atomic mass is 16.6. The fourth-order valence-corrected chi connectivity index (χ4v) is 3.20. The summed E-state index contributed by atoms with van der Waals surface area (Å²) in [5.41, 5.74) is 3.15. The Balaban J connectivity index is 1.64. The second-order valence-corrected chi connectivity index (χ2v) is 6.71. The second kappa shape index (κ2) is 8.23. The summed E-state index contributed by atoms with van der Waals surface area (Å²) in [6, 6.07) is 13.1. The zero-order valence-corrected chi connectivity index (χ0v) is 16.8. The van der Waals surface area contributed by atoms with Crippen LogP contribution in [0.2, 0.25) is 0 Å². The van der Waals surface area contributed by atoms with E-state index in [-0.39, 0.29) is 23.6 Å². The first kappa shape index (κ1) is 20.0. The number of nitrogens with zero attached hydrogens (tertiary/aromatic N) is 2. The van der Waals surface area contributed by atoms with Crippen LogP contribution in [0.25, 0.3) is 22.7 Å². The van der Waals surface area contributed by atoms with Crippen LogP contribution in [0.3, 0.4) is 0 Å². The molecule has 0 aliphatic carbocycles. The Kier molecular flexibility index (Phi) is 5.31. The summed E-state index contributed by atoms with van der Waals surface area (Å²) in [5, 5.41) is 14.1. The Morgan fingerprint density at radius 2 is 2.10 bits per heavy atom. The third kappa shape index (κ3) is 3.93. The molecule has 4 rings (SSSR count). The number of nitrogens with one attached hydrogen (secondary N) is 2. The first-order chi connectivity index (χ1) is 15.0. The molecule has 0 fully saturated rings. The average molecular weight is 419 g/mol. The number of hydrogen-bond acceptors (Lipinski definition) is 6. The van der Waals surface area contributed by atoms with Gasteiger partial charge in [-0.2, -0.15) is 0 Å². The molecule has 0 unspecified atom stereocenters. The summed E-state index contributed by atoms with van der Waals surface area (Å²) >= 11 is 0. The lowest BCUT2D eigenvalue weighted by Gasteiger charge is -2.11. The normalized spacial score (nSPS) is 10.8. The summed E-state index contributed by atoms with van der Waals surface area (Å²) in [6.07, 6.45) is 1.76. The van der Waals surface area contributed by atoms with Crippen molar-refractivity contribution in [1.82, 2.24) is 4.98 Å². The molecule has 2 N–H and O–H groups in total. The van der Waals surface area contributed by atoms with Gasteiger partial charge in [-0.05, 0) is 55.8 Å². The third-order valence-electron chi connectivity index (χ3n) is 4.75. The number of anilines is 1. The van der Waals surface area contributed by atoms with Gasteiger partial charge in [0.2, 0.25) is 5.58 Å². The lowest BCUT2D eigenvalue weighted by molar-refractivity contribution is -0.385. The van der Waals surface area contributed by atoms with E-state index >= 15 is 0 Å². The van der Waals surface area contributed by atoms with E-state index in [2.05, 4.69) is 15.3 Å². The van der Waals surface area contributed by atoms with Crippen molar-refractivity contribution in [3.05, 3.63) is 76.0 Å². The first-order valence-corrected chi connectivity index (χ1v) is 9.57. The van der Waals surface area contributed by atoms with Crippen molar-refractivity contribution >= 4 is 28.5 Å². The van der Waals surface area contributed by atoms with Crippen molar-refractivity contribution in [2.24, 2.45) is 0 Å². The lowest BCUT2D eigenvalue weighted by atomic mass is 10.1. The summed E-state index contributed by atoms with van der Waals surface area (Å²) in [4.78, 5) is 31.0. The van der Waals surface area contributed by atoms with Crippen LogP contribution >= 0.6 is 0 Å². The molecule has 2 aromatic heterocycles. The summed E-state index contributed by atoms with van der Waals surface area (Å²) in [5.74, 6) is 0.0649. The van der Waals surface area contributed by atoms with Crippen LogP contribution in [0.4, 0.5) is 11.4 Å². The molecular formula is C22H19N4O5+. The molecule has 2 aromatic carbocycles. The number of aromatic amines is 1. The Hall–Kier alpha value is -4.27. The fourth-order valence-electron chi connectivity index (χ4n) is 3.20. The van der Waals surface area contributed by atoms with E-state index in [1.807, 2.05) is 25.1 Å². The van der Waals surface area contributed by atoms with E-state index in [1.165, 1.54) is 18.2 Å². The van der Waals surface area contributed by atoms with Gasteiger partial charge in [0.15, 0.2) is 5.75 Å². The van der Waals surface area contributed by atoms with E-state index < -0.39 is 10.8 Å². The summed E-state index contributed by atoms with van der Waals surface area (Å²) in [6.45, 7) is 3.85. The predicted octanol–water partition coefficient (Wildman–Crippen LogP) is 4.18. The molecule has 0 saturated heterocycles. The number of nitro groups is 1. The van der Waals surface area contributed by atoms with Crippen LogP contribution in [0.15, 0.2) is 59.1 Å². The van der Waals surface area contributed by atoms with Crippen molar-refractivity contribution in [3.63, 3.8) is 0 Å². The number of carbonyl (C=O) groups excluding carboxylic acids is 1. The molecule has 2 heterocycles. The molecule has 4 aromatic rings. The average Bonchev–Trinajstić information content (AvgIpc) is 3.19. The molecular weight excluding hydrogens is 400 g/mol. The number of ether oxygens (including phenoxy) is 1. The van der Waals surface area contributed by atoms with Crippen LogP contribution in [0, 0.1) is 17.0 Å². The van der Waals surface area contributed by atoms with Crippen molar-refractivity contribution < 1.29 is 23.9 Å². The lowest BCUT2D eigenvalue weighted by Crippen LogP contribution is -2.13. The molecule has 9 nitrogen and oxygen atoms in total. The fraction of sp³-hybridized carbons (Fsp3) is 0.136. The topological polar surface area (TPSA) is 122 Å². The molecule has 0 spiro atoms. The van der Waals surface area contributed by atoms with Crippen LogP contribution < -0.4 is 15.0 Å². The Morgan fingerprint density at radius 3 is 2.84 bits per heavy atom. The molecule has 9 heteroatoms. The third-order valence-corrected chi connectivity index (χ3v) is 4.75. The van der Waals surface area contributed by atoms with Crippen LogP contribution in [0.1, 0.15) is 22.8 Å². The van der Waals surface area contributed by atoms with E-state index in [0.29, 0.717) is 22.8 Å². The van der Waals surface area contributed by atoms with E-state index in [0.717, 1.165) is 11.1 Å². The molecule has 156 valence electrons. The van der Waals surface area contributed by atoms with Gasteiger partial charge in [0.05, 0.1) is 23.3 Å². The minimum Gasteiger partial charge on any atom is -0.487 e. The minimum absolute atomic E-state index is 0.120. The molecule has 0 bridgehead atoms. The highest BCUT2D eigenvalue weighted by Crippen LogP contribution is 2.31. The number of fused-ring (bicyclic) bond motifs is 1. The number of rotatable bonds is 6. The van der Waals surface area contributed by atoms with Crippen LogP contribution in [-0.2, 0) is 0 Å². The van der Waals surface area contributed by atoms with Gasteiger partial charge in [0.1, 0.15) is 0 Å². The smallest absolute Gasteiger partial charge is 0.368 e. The summed E-state index contributed by atoms with van der Waals surface area (Å²) in [7, 11) is 0. The maximum Gasteiger partial charge on any atom is 0.368 e. The van der Waals surface area contributed by atoms with E-state index in [9.17, 15) is 14.9 Å². The number of oxazole rings is 1. The van der Waals surface area contributed by atoms with Gasteiger partial charge >= 0.3 is 17.2 Å². The molecule has 1 amide bonds. The quantitative estimate of drug-likeness (QED) is 0.370. The molecule has 0 radical (unpaired) electrons. The number of amides is 1. The Bertz CT molecular complexity index is 1270. The van der Waals surface area contributed by atoms with E-state index in [1.54, 1.807) is 25.3 Å². The number of hydrogen-bond donors (Lipinski definition) is 1. The van der Waals surface area contributed by atoms with Crippen molar-refractivity contribution in [1.29, 1.82) is 0 Å². The SMILES string of the molecule is CCOc1ccc(C(=O)Nc2cccc(-c3nc4[nH+]cccc4o3)c2C)cc1[N+](=O)[O-]. The number of nitro benzene ring substituents is 1. The maximum atomic E-state index is 12.8. The number of benzene rings is 2. The van der Waals surface area contributed by atoms with Crippen molar-refractivity contribution in [2.75, 3.05) is 11.9 Å². The zero-order valence-electron chi connectivity index (χ0n) is 16.8. The van der Waals surface area contributed by atoms with E-state index in [4.69, 9.17) is 9.15 Å². The number of carbonyl (C=O) groups is 1. The second-order valence-electron chi connectivity index (χ2n) is 6.71. The predicted molar refractivity (Wildman–Crippen MR) is 113 cm³/mol.